The molecule has 2 aromatic heterocycles. The van der Waals surface area contributed by atoms with Gasteiger partial charge in [-0.3, -0.25) is 4.79 Å². The molecule has 1 spiro atoms. The molecule has 30 heavy (non-hydrogen) atoms. The van der Waals surface area contributed by atoms with Crippen molar-refractivity contribution in [3.8, 4) is 11.6 Å². The SMILES string of the molecule is Cc1ccc(OC2CC34CC3CN(C(=O)c3cccc(F)c3-n3nccn3)C24)nc1. The van der Waals surface area contributed by atoms with Gasteiger partial charge in [-0.2, -0.15) is 10.2 Å². The van der Waals surface area contributed by atoms with E-state index in [1.807, 2.05) is 24.0 Å². The predicted octanol–water partition coefficient (Wildman–Crippen LogP) is 2.79. The summed E-state index contributed by atoms with van der Waals surface area (Å²) in [5.41, 5.74) is 1.57. The number of benzene rings is 1. The summed E-state index contributed by atoms with van der Waals surface area (Å²) in [7, 11) is 0. The number of ether oxygens (including phenoxy) is 1. The first kappa shape index (κ1) is 17.6. The van der Waals surface area contributed by atoms with Crippen LogP contribution in [0.1, 0.15) is 28.8 Å². The summed E-state index contributed by atoms with van der Waals surface area (Å²) >= 11 is 0. The van der Waals surface area contributed by atoms with E-state index in [4.69, 9.17) is 4.74 Å². The normalized spacial score (nSPS) is 28.5. The minimum absolute atomic E-state index is 0.0141. The molecule has 7 nitrogen and oxygen atoms in total. The summed E-state index contributed by atoms with van der Waals surface area (Å²) in [6.45, 7) is 2.65. The maximum atomic E-state index is 14.6. The predicted molar refractivity (Wildman–Crippen MR) is 105 cm³/mol. The first-order valence-corrected chi connectivity index (χ1v) is 10.1. The van der Waals surface area contributed by atoms with Crippen molar-refractivity contribution in [2.45, 2.75) is 31.9 Å². The lowest BCUT2D eigenvalue weighted by atomic mass is 9.73. The van der Waals surface area contributed by atoms with Gasteiger partial charge in [0.05, 0.1) is 24.0 Å². The lowest BCUT2D eigenvalue weighted by Crippen LogP contribution is -2.59. The second-order valence-electron chi connectivity index (χ2n) is 8.53. The van der Waals surface area contributed by atoms with Crippen LogP contribution in [0.4, 0.5) is 4.39 Å². The van der Waals surface area contributed by atoms with Crippen LogP contribution >= 0.6 is 0 Å². The number of amides is 1. The van der Waals surface area contributed by atoms with Crippen LogP contribution in [0.2, 0.25) is 0 Å². The third-order valence-electron chi connectivity index (χ3n) is 6.81. The Morgan fingerprint density at radius 3 is 2.80 bits per heavy atom. The van der Waals surface area contributed by atoms with E-state index in [0.717, 1.165) is 18.4 Å². The molecule has 0 bridgehead atoms. The number of hydrogen-bond donors (Lipinski definition) is 0. The van der Waals surface area contributed by atoms with Crippen molar-refractivity contribution in [2.75, 3.05) is 6.54 Å². The van der Waals surface area contributed by atoms with E-state index < -0.39 is 5.82 Å². The van der Waals surface area contributed by atoms with E-state index in [-0.39, 0.29) is 34.7 Å². The van der Waals surface area contributed by atoms with Crippen LogP contribution in [0.3, 0.4) is 0 Å². The average molecular weight is 405 g/mol. The topological polar surface area (TPSA) is 73.1 Å². The van der Waals surface area contributed by atoms with Crippen LogP contribution < -0.4 is 4.74 Å². The molecule has 3 heterocycles. The summed E-state index contributed by atoms with van der Waals surface area (Å²) in [5.74, 6) is 0.339. The maximum absolute atomic E-state index is 14.6. The fraction of sp³-hybridized carbons (Fsp3) is 0.364. The van der Waals surface area contributed by atoms with Crippen molar-refractivity contribution in [1.82, 2.24) is 24.9 Å². The van der Waals surface area contributed by atoms with Gasteiger partial charge in [0.2, 0.25) is 5.88 Å². The Bertz CT molecular complexity index is 1130. The fourth-order valence-electron chi connectivity index (χ4n) is 5.31. The first-order valence-electron chi connectivity index (χ1n) is 10.1. The highest BCUT2D eigenvalue weighted by Gasteiger charge is 2.76. The lowest BCUT2D eigenvalue weighted by Gasteiger charge is -2.47. The standard InChI is InChI=1S/C22H20FN5O2/c1-13-5-6-18(24-11-13)30-17-10-22-9-14(22)12-27(20(17)22)21(29)15-3-2-4-16(23)19(15)28-25-7-8-26-28/h2-8,11,14,17,20H,9-10,12H2,1H3. The fourth-order valence-corrected chi connectivity index (χ4v) is 5.31. The molecule has 3 fully saturated rings. The number of nitrogens with zero attached hydrogens (tertiary/aromatic N) is 5. The van der Waals surface area contributed by atoms with Crippen LogP contribution in [0.25, 0.3) is 5.69 Å². The van der Waals surface area contributed by atoms with Crippen LogP contribution in [-0.2, 0) is 0 Å². The maximum Gasteiger partial charge on any atom is 0.256 e. The molecule has 0 N–H and O–H groups in total. The third-order valence-corrected chi connectivity index (χ3v) is 6.81. The van der Waals surface area contributed by atoms with Gasteiger partial charge in [0.1, 0.15) is 11.8 Å². The molecule has 2 saturated carbocycles. The van der Waals surface area contributed by atoms with Crippen LogP contribution in [0, 0.1) is 24.1 Å². The third kappa shape index (κ3) is 2.42. The highest BCUT2D eigenvalue weighted by atomic mass is 19.1. The van der Waals surface area contributed by atoms with Gasteiger partial charge >= 0.3 is 0 Å². The quantitative estimate of drug-likeness (QED) is 0.667. The van der Waals surface area contributed by atoms with Gasteiger partial charge in [-0.05, 0) is 43.4 Å². The number of aryl methyl sites for hydroxylation is 1. The average Bonchev–Trinajstić information content (AvgIpc) is 3.09. The second kappa shape index (κ2) is 6.10. The van der Waals surface area contributed by atoms with Crippen LogP contribution in [-0.4, -0.2) is 49.5 Å². The molecular formula is C22H20FN5O2. The van der Waals surface area contributed by atoms with Gasteiger partial charge in [-0.1, -0.05) is 12.1 Å². The minimum Gasteiger partial charge on any atom is -0.472 e. The van der Waals surface area contributed by atoms with Crippen molar-refractivity contribution in [3.63, 3.8) is 0 Å². The number of pyridine rings is 1. The number of aromatic nitrogens is 4. The highest BCUT2D eigenvalue weighted by molar-refractivity contribution is 5.98. The Morgan fingerprint density at radius 2 is 2.03 bits per heavy atom. The van der Waals surface area contributed by atoms with E-state index in [1.165, 1.54) is 23.3 Å². The lowest BCUT2D eigenvalue weighted by molar-refractivity contribution is -0.0345. The molecule has 4 atom stereocenters. The van der Waals surface area contributed by atoms with Gasteiger partial charge in [0.15, 0.2) is 5.82 Å². The van der Waals surface area contributed by atoms with E-state index in [1.54, 1.807) is 18.3 Å². The van der Waals surface area contributed by atoms with Crippen LogP contribution in [0.15, 0.2) is 48.9 Å². The second-order valence-corrected chi connectivity index (χ2v) is 8.53. The molecule has 0 radical (unpaired) electrons. The Kier molecular flexibility index (Phi) is 3.57. The van der Waals surface area contributed by atoms with Gasteiger partial charge in [0.25, 0.3) is 5.91 Å². The number of piperidine rings is 1. The zero-order chi connectivity index (χ0) is 20.5. The molecule has 1 aliphatic heterocycles. The molecule has 1 amide bonds. The van der Waals surface area contributed by atoms with Crippen molar-refractivity contribution in [1.29, 1.82) is 0 Å². The summed E-state index contributed by atoms with van der Waals surface area (Å²) < 4.78 is 20.8. The largest absolute Gasteiger partial charge is 0.472 e. The van der Waals surface area contributed by atoms with E-state index >= 15 is 0 Å². The number of likely N-dealkylation sites (tertiary alicyclic amines) is 1. The molecule has 8 heteroatoms. The van der Waals surface area contributed by atoms with Crippen LogP contribution in [0.5, 0.6) is 5.88 Å². The van der Waals surface area contributed by atoms with E-state index in [9.17, 15) is 9.18 Å². The summed E-state index contributed by atoms with van der Waals surface area (Å²) in [6, 6.07) is 8.31. The molecule has 152 valence electrons. The van der Waals surface area contributed by atoms with Gasteiger partial charge in [0, 0.05) is 24.2 Å². The molecule has 3 aromatic rings. The van der Waals surface area contributed by atoms with Crippen molar-refractivity contribution >= 4 is 5.91 Å². The zero-order valence-corrected chi connectivity index (χ0v) is 16.4. The summed E-state index contributed by atoms with van der Waals surface area (Å²) in [6.07, 6.45) is 6.65. The number of rotatable bonds is 4. The highest BCUT2D eigenvalue weighted by Crippen LogP contribution is 2.71. The smallest absolute Gasteiger partial charge is 0.256 e. The van der Waals surface area contributed by atoms with Gasteiger partial charge in [-0.15, -0.1) is 4.80 Å². The van der Waals surface area contributed by atoms with Crippen molar-refractivity contribution < 1.29 is 13.9 Å². The molecule has 2 aliphatic carbocycles. The molecule has 4 unspecified atom stereocenters. The van der Waals surface area contributed by atoms with E-state index in [0.29, 0.717) is 18.3 Å². The number of halogens is 1. The van der Waals surface area contributed by atoms with Gasteiger partial charge in [-0.25, -0.2) is 9.37 Å². The molecule has 6 rings (SSSR count). The summed E-state index contributed by atoms with van der Waals surface area (Å²) in [5, 5.41) is 8.05. The Balaban J connectivity index is 1.31. The summed E-state index contributed by atoms with van der Waals surface area (Å²) in [4.78, 5) is 20.9. The molecule has 1 saturated heterocycles. The number of para-hydroxylation sites is 1. The number of carbonyl (C=O) groups is 1. The molecule has 3 aliphatic rings. The monoisotopic (exact) mass is 405 g/mol. The Morgan fingerprint density at radius 1 is 1.20 bits per heavy atom. The number of carbonyl (C=O) groups excluding carboxylic acids is 1. The van der Waals surface area contributed by atoms with Gasteiger partial charge < -0.3 is 9.64 Å². The Labute approximate surface area is 172 Å². The van der Waals surface area contributed by atoms with E-state index in [2.05, 4.69) is 15.2 Å². The number of hydrogen-bond acceptors (Lipinski definition) is 5. The van der Waals surface area contributed by atoms with Crippen molar-refractivity contribution in [2.24, 2.45) is 11.3 Å². The minimum atomic E-state index is -0.526. The van der Waals surface area contributed by atoms with Crippen molar-refractivity contribution in [3.05, 3.63) is 65.9 Å². The Hall–Kier alpha value is -3.29. The molecular weight excluding hydrogens is 385 g/mol. The first-order chi connectivity index (χ1) is 14.6. The molecule has 1 aromatic carbocycles. The zero-order valence-electron chi connectivity index (χ0n) is 16.4.